The summed E-state index contributed by atoms with van der Waals surface area (Å²) in [5.74, 6) is -0.956. The number of likely N-dealkylation sites (tertiary alicyclic amines) is 1. The summed E-state index contributed by atoms with van der Waals surface area (Å²) in [7, 11) is 1.96. The predicted octanol–water partition coefficient (Wildman–Crippen LogP) is 5.08. The predicted molar refractivity (Wildman–Crippen MR) is 125 cm³/mol. The van der Waals surface area contributed by atoms with Crippen LogP contribution < -0.4 is 10.2 Å². The number of hydrogen-bond donors (Lipinski definition) is 1. The number of rotatable bonds is 5. The molecule has 0 spiro atoms. The third-order valence-electron chi connectivity index (χ3n) is 5.84. The van der Waals surface area contributed by atoms with Gasteiger partial charge >= 0.3 is 0 Å². The maximum atomic E-state index is 13.2. The van der Waals surface area contributed by atoms with Gasteiger partial charge in [-0.15, -0.1) is 0 Å². The van der Waals surface area contributed by atoms with Crippen molar-refractivity contribution in [2.45, 2.75) is 12.8 Å². The second-order valence-corrected chi connectivity index (χ2v) is 8.00. The number of nitrogens with zero attached hydrogens (tertiary/aromatic N) is 2. The Balaban J connectivity index is 1.46. The lowest BCUT2D eigenvalue weighted by molar-refractivity contribution is -0.121. The molecule has 3 aromatic rings. The van der Waals surface area contributed by atoms with E-state index < -0.39 is 0 Å². The molecule has 1 atom stereocenters. The van der Waals surface area contributed by atoms with Gasteiger partial charge in [-0.1, -0.05) is 30.3 Å². The Kier molecular flexibility index (Phi) is 6.50. The molecule has 164 valence electrons. The van der Waals surface area contributed by atoms with Crippen molar-refractivity contribution in [3.05, 3.63) is 90.2 Å². The first-order valence-electron chi connectivity index (χ1n) is 10.8. The van der Waals surface area contributed by atoms with Crippen LogP contribution in [0.4, 0.5) is 21.5 Å². The first-order chi connectivity index (χ1) is 15.5. The Morgan fingerprint density at radius 2 is 1.66 bits per heavy atom. The van der Waals surface area contributed by atoms with Crippen LogP contribution in [0.2, 0.25) is 0 Å². The van der Waals surface area contributed by atoms with Crippen LogP contribution in [0.3, 0.4) is 0 Å². The smallest absolute Gasteiger partial charge is 0.253 e. The fraction of sp³-hybridized carbons (Fsp3) is 0.231. The molecule has 1 heterocycles. The lowest BCUT2D eigenvalue weighted by atomic mass is 9.96. The van der Waals surface area contributed by atoms with E-state index in [1.165, 1.54) is 24.3 Å². The number of piperidine rings is 1. The van der Waals surface area contributed by atoms with E-state index in [0.29, 0.717) is 18.7 Å². The quantitative estimate of drug-likeness (QED) is 0.613. The molecule has 1 N–H and O–H groups in total. The summed E-state index contributed by atoms with van der Waals surface area (Å²) in [5.41, 5.74) is 3.07. The van der Waals surface area contributed by atoms with E-state index >= 15 is 0 Å². The minimum Gasteiger partial charge on any atom is -0.343 e. The molecule has 1 saturated heterocycles. The number of nitrogens with one attached hydrogen (secondary N) is 1. The molecule has 3 aromatic carbocycles. The number of halogens is 1. The highest BCUT2D eigenvalue weighted by molar-refractivity contribution is 5.98. The molecule has 0 bridgehead atoms. The second-order valence-electron chi connectivity index (χ2n) is 8.00. The van der Waals surface area contributed by atoms with Crippen molar-refractivity contribution in [3.63, 3.8) is 0 Å². The van der Waals surface area contributed by atoms with Crippen molar-refractivity contribution in [1.29, 1.82) is 0 Å². The fourth-order valence-corrected chi connectivity index (χ4v) is 4.05. The Morgan fingerprint density at radius 1 is 0.969 bits per heavy atom. The zero-order valence-corrected chi connectivity index (χ0v) is 18.0. The van der Waals surface area contributed by atoms with Gasteiger partial charge in [0.25, 0.3) is 5.91 Å². The van der Waals surface area contributed by atoms with E-state index in [-0.39, 0.29) is 23.5 Å². The highest BCUT2D eigenvalue weighted by Crippen LogP contribution is 2.31. The third kappa shape index (κ3) is 4.80. The Morgan fingerprint density at radius 3 is 2.41 bits per heavy atom. The molecule has 5 nitrogen and oxygen atoms in total. The van der Waals surface area contributed by atoms with Crippen LogP contribution in [0, 0.1) is 11.7 Å². The number of benzene rings is 3. The maximum Gasteiger partial charge on any atom is 0.253 e. The summed E-state index contributed by atoms with van der Waals surface area (Å²) in [6, 6.07) is 23.1. The Hall–Kier alpha value is -3.67. The molecular formula is C26H26FN3O2. The van der Waals surface area contributed by atoms with Crippen LogP contribution >= 0.6 is 0 Å². The van der Waals surface area contributed by atoms with Crippen LogP contribution in [-0.4, -0.2) is 36.9 Å². The van der Waals surface area contributed by atoms with Crippen LogP contribution in [0.15, 0.2) is 78.9 Å². The van der Waals surface area contributed by atoms with Gasteiger partial charge in [0, 0.05) is 31.4 Å². The first-order valence-corrected chi connectivity index (χ1v) is 10.8. The largest absolute Gasteiger partial charge is 0.343 e. The second kappa shape index (κ2) is 9.64. The van der Waals surface area contributed by atoms with E-state index in [9.17, 15) is 14.0 Å². The van der Waals surface area contributed by atoms with Crippen molar-refractivity contribution in [3.8, 4) is 0 Å². The average molecular weight is 432 g/mol. The summed E-state index contributed by atoms with van der Waals surface area (Å²) >= 11 is 0. The number of anilines is 3. The van der Waals surface area contributed by atoms with E-state index in [1.807, 2.05) is 66.5 Å². The van der Waals surface area contributed by atoms with Crippen LogP contribution in [0.1, 0.15) is 23.2 Å². The number of carbonyl (C=O) groups is 2. The van der Waals surface area contributed by atoms with E-state index in [0.717, 1.165) is 29.9 Å². The molecule has 32 heavy (non-hydrogen) atoms. The molecule has 2 amide bonds. The number of hydrogen-bond acceptors (Lipinski definition) is 3. The molecule has 1 unspecified atom stereocenters. The minimum atomic E-state index is -0.378. The summed E-state index contributed by atoms with van der Waals surface area (Å²) in [6.07, 6.45) is 1.46. The van der Waals surface area contributed by atoms with Gasteiger partial charge in [-0.3, -0.25) is 9.59 Å². The van der Waals surface area contributed by atoms with Gasteiger partial charge in [0.05, 0.1) is 17.3 Å². The van der Waals surface area contributed by atoms with Gasteiger partial charge in [-0.05, 0) is 61.4 Å². The maximum absolute atomic E-state index is 13.2. The van der Waals surface area contributed by atoms with Gasteiger partial charge in [-0.2, -0.15) is 0 Å². The lowest BCUT2D eigenvalue weighted by Crippen LogP contribution is -2.43. The lowest BCUT2D eigenvalue weighted by Gasteiger charge is -2.32. The third-order valence-corrected chi connectivity index (χ3v) is 5.84. The molecular weight excluding hydrogens is 405 g/mol. The van der Waals surface area contributed by atoms with Gasteiger partial charge in [-0.25, -0.2) is 4.39 Å². The first kappa shape index (κ1) is 21.6. The molecule has 0 aromatic heterocycles. The molecule has 4 rings (SSSR count). The molecule has 0 radical (unpaired) electrons. The highest BCUT2D eigenvalue weighted by atomic mass is 19.1. The van der Waals surface area contributed by atoms with Crippen molar-refractivity contribution in [1.82, 2.24) is 4.90 Å². The van der Waals surface area contributed by atoms with Gasteiger partial charge < -0.3 is 15.1 Å². The van der Waals surface area contributed by atoms with E-state index in [1.54, 1.807) is 4.90 Å². The normalized spacial score (nSPS) is 15.8. The standard InChI is InChI=1S/C26H26FN3O2/c1-29(22-9-3-2-4-10-22)24-12-6-5-11-23(24)28-25(31)20-8-7-17-30(18-20)26(32)19-13-15-21(27)16-14-19/h2-6,9-16,20H,7-8,17-18H2,1H3,(H,28,31). The number of para-hydroxylation sites is 3. The van der Waals surface area contributed by atoms with E-state index in [2.05, 4.69) is 5.32 Å². The van der Waals surface area contributed by atoms with Crippen molar-refractivity contribution < 1.29 is 14.0 Å². The molecule has 6 heteroatoms. The monoisotopic (exact) mass is 431 g/mol. The Labute approximate surface area is 187 Å². The summed E-state index contributed by atoms with van der Waals surface area (Å²) < 4.78 is 13.2. The summed E-state index contributed by atoms with van der Waals surface area (Å²) in [6.45, 7) is 0.937. The van der Waals surface area contributed by atoms with E-state index in [4.69, 9.17) is 0 Å². The van der Waals surface area contributed by atoms with Gasteiger partial charge in [0.1, 0.15) is 5.82 Å². The molecule has 1 fully saturated rings. The van der Waals surface area contributed by atoms with Crippen LogP contribution in [0.5, 0.6) is 0 Å². The topological polar surface area (TPSA) is 52.7 Å². The molecule has 1 aliphatic heterocycles. The zero-order valence-electron chi connectivity index (χ0n) is 18.0. The zero-order chi connectivity index (χ0) is 22.5. The van der Waals surface area contributed by atoms with Crippen LogP contribution in [0.25, 0.3) is 0 Å². The van der Waals surface area contributed by atoms with Crippen molar-refractivity contribution >= 4 is 28.9 Å². The molecule has 0 saturated carbocycles. The number of carbonyl (C=O) groups excluding carboxylic acids is 2. The fourth-order valence-electron chi connectivity index (χ4n) is 4.05. The van der Waals surface area contributed by atoms with Crippen LogP contribution in [-0.2, 0) is 4.79 Å². The highest BCUT2D eigenvalue weighted by Gasteiger charge is 2.29. The summed E-state index contributed by atoms with van der Waals surface area (Å²) in [4.78, 5) is 29.6. The molecule has 0 aliphatic carbocycles. The summed E-state index contributed by atoms with van der Waals surface area (Å²) in [5, 5.41) is 3.07. The number of amides is 2. The minimum absolute atomic E-state index is 0.101. The SMILES string of the molecule is CN(c1ccccc1)c1ccccc1NC(=O)C1CCCN(C(=O)c2ccc(F)cc2)C1. The van der Waals surface area contributed by atoms with Gasteiger partial charge in [0.2, 0.25) is 5.91 Å². The average Bonchev–Trinajstić information content (AvgIpc) is 2.84. The molecule has 1 aliphatic rings. The van der Waals surface area contributed by atoms with Gasteiger partial charge in [0.15, 0.2) is 0 Å². The van der Waals surface area contributed by atoms with Crippen molar-refractivity contribution in [2.75, 3.05) is 30.4 Å². The van der Waals surface area contributed by atoms with Crippen molar-refractivity contribution in [2.24, 2.45) is 5.92 Å². The Bertz CT molecular complexity index is 1090.